The lowest BCUT2D eigenvalue weighted by Gasteiger charge is -2.50. The minimum atomic E-state index is -0.926. The number of nitrogens with zero attached hydrogens (tertiary/aromatic N) is 2. The second-order valence-electron chi connectivity index (χ2n) is 8.49. The summed E-state index contributed by atoms with van der Waals surface area (Å²) in [4.78, 5) is 33.8. The quantitative estimate of drug-likeness (QED) is 0.827. The molecule has 3 heterocycles. The van der Waals surface area contributed by atoms with Gasteiger partial charge in [-0.2, -0.15) is 0 Å². The van der Waals surface area contributed by atoms with E-state index in [1.807, 2.05) is 30.0 Å². The Morgan fingerprint density at radius 3 is 2.75 bits per heavy atom. The van der Waals surface area contributed by atoms with Gasteiger partial charge in [-0.1, -0.05) is 51.3 Å². The van der Waals surface area contributed by atoms with Crippen LogP contribution >= 0.6 is 0 Å². The molecule has 2 atom stereocenters. The number of amides is 2. The van der Waals surface area contributed by atoms with E-state index >= 15 is 0 Å². The molecule has 28 heavy (non-hydrogen) atoms. The van der Waals surface area contributed by atoms with Crippen LogP contribution < -0.4 is 0 Å². The maximum Gasteiger partial charge on any atom is 0.254 e. The summed E-state index contributed by atoms with van der Waals surface area (Å²) in [6.07, 6.45) is 5.28. The number of aromatic amines is 1. The monoisotopic (exact) mass is 381 g/mol. The van der Waals surface area contributed by atoms with Gasteiger partial charge < -0.3 is 14.8 Å². The van der Waals surface area contributed by atoms with Crippen LogP contribution in [0.3, 0.4) is 0 Å². The second-order valence-corrected chi connectivity index (χ2v) is 8.49. The lowest BCUT2D eigenvalue weighted by Crippen LogP contribution is -2.67. The van der Waals surface area contributed by atoms with Crippen LogP contribution in [0.25, 0.3) is 10.9 Å². The predicted octanol–water partition coefficient (Wildman–Crippen LogP) is 3.83. The van der Waals surface area contributed by atoms with Crippen molar-refractivity contribution in [1.82, 2.24) is 14.8 Å². The van der Waals surface area contributed by atoms with E-state index in [0.29, 0.717) is 19.0 Å². The lowest BCUT2D eigenvalue weighted by molar-refractivity contribution is -0.166. The van der Waals surface area contributed by atoms with Crippen molar-refractivity contribution in [2.45, 2.75) is 58.4 Å². The van der Waals surface area contributed by atoms with Crippen LogP contribution in [0.4, 0.5) is 0 Å². The summed E-state index contributed by atoms with van der Waals surface area (Å²) in [6, 6.07) is 8.19. The minimum Gasteiger partial charge on any atom is -0.356 e. The van der Waals surface area contributed by atoms with E-state index in [2.05, 4.69) is 24.9 Å². The number of rotatable bonds is 6. The Morgan fingerprint density at radius 1 is 1.21 bits per heavy atom. The first-order chi connectivity index (χ1) is 13.5. The molecule has 2 aliphatic heterocycles. The highest BCUT2D eigenvalue weighted by atomic mass is 16.2. The normalized spacial score (nSPS) is 23.1. The highest BCUT2D eigenvalue weighted by Crippen LogP contribution is 2.42. The smallest absolute Gasteiger partial charge is 0.254 e. The third-order valence-corrected chi connectivity index (χ3v) is 6.78. The van der Waals surface area contributed by atoms with Crippen LogP contribution in [0.5, 0.6) is 0 Å². The SMILES string of the molecule is CCCC[C@@H](CC)CN1CC(=O)N2CCc3c([nH]c4ccccc34)[C@]2(C)C1=O. The number of hydrogen-bond acceptors (Lipinski definition) is 2. The van der Waals surface area contributed by atoms with Crippen LogP contribution in [-0.4, -0.2) is 46.2 Å². The molecule has 2 aromatic rings. The molecule has 150 valence electrons. The second kappa shape index (κ2) is 7.26. The van der Waals surface area contributed by atoms with Crippen molar-refractivity contribution in [3.05, 3.63) is 35.5 Å². The number of carbonyl (C=O) groups is 2. The summed E-state index contributed by atoms with van der Waals surface area (Å²) in [6.45, 7) is 7.81. The summed E-state index contributed by atoms with van der Waals surface area (Å²) in [5.74, 6) is 0.587. The molecule has 0 aliphatic carbocycles. The van der Waals surface area contributed by atoms with Gasteiger partial charge in [-0.15, -0.1) is 0 Å². The molecule has 1 N–H and O–H groups in total. The number of para-hydroxylation sites is 1. The number of aromatic nitrogens is 1. The summed E-state index contributed by atoms with van der Waals surface area (Å²) in [5.41, 5.74) is 2.22. The number of piperazine rings is 1. The molecule has 1 aromatic heterocycles. The Labute approximate surface area is 167 Å². The number of nitrogens with one attached hydrogen (secondary N) is 1. The summed E-state index contributed by atoms with van der Waals surface area (Å²) in [5, 5.41) is 1.17. The third-order valence-electron chi connectivity index (χ3n) is 6.78. The summed E-state index contributed by atoms with van der Waals surface area (Å²) >= 11 is 0. The van der Waals surface area contributed by atoms with Crippen molar-refractivity contribution in [2.24, 2.45) is 5.92 Å². The van der Waals surface area contributed by atoms with Gasteiger partial charge in [-0.05, 0) is 37.3 Å². The van der Waals surface area contributed by atoms with Gasteiger partial charge in [0.15, 0.2) is 5.54 Å². The fraction of sp³-hybridized carbons (Fsp3) is 0.565. The molecule has 0 bridgehead atoms. The van der Waals surface area contributed by atoms with Crippen LogP contribution in [0.1, 0.15) is 57.7 Å². The molecular formula is C23H31N3O2. The van der Waals surface area contributed by atoms with Crippen molar-refractivity contribution in [3.8, 4) is 0 Å². The molecule has 0 radical (unpaired) electrons. The van der Waals surface area contributed by atoms with Crippen molar-refractivity contribution < 1.29 is 9.59 Å². The summed E-state index contributed by atoms with van der Waals surface area (Å²) < 4.78 is 0. The van der Waals surface area contributed by atoms with E-state index in [1.165, 1.54) is 17.4 Å². The first-order valence-corrected chi connectivity index (χ1v) is 10.7. The Hall–Kier alpha value is -2.30. The molecule has 1 aromatic carbocycles. The molecular weight excluding hydrogens is 350 g/mol. The van der Waals surface area contributed by atoms with Gasteiger partial charge in [0.05, 0.1) is 12.2 Å². The fourth-order valence-electron chi connectivity index (χ4n) is 5.06. The number of H-pyrrole nitrogens is 1. The fourth-order valence-corrected chi connectivity index (χ4v) is 5.06. The van der Waals surface area contributed by atoms with E-state index in [9.17, 15) is 9.59 Å². The van der Waals surface area contributed by atoms with Gasteiger partial charge in [-0.25, -0.2) is 0 Å². The number of benzene rings is 1. The number of hydrogen-bond donors (Lipinski definition) is 1. The molecule has 4 rings (SSSR count). The van der Waals surface area contributed by atoms with Gasteiger partial charge >= 0.3 is 0 Å². The number of unbranched alkanes of at least 4 members (excludes halogenated alkanes) is 1. The van der Waals surface area contributed by atoms with Crippen LogP contribution in [0, 0.1) is 5.92 Å². The average Bonchev–Trinajstić information content (AvgIpc) is 3.09. The highest BCUT2D eigenvalue weighted by molar-refractivity contribution is 6.00. The zero-order chi connectivity index (χ0) is 19.9. The largest absolute Gasteiger partial charge is 0.356 e. The highest BCUT2D eigenvalue weighted by Gasteiger charge is 2.54. The molecule has 1 fully saturated rings. The molecule has 5 nitrogen and oxygen atoms in total. The zero-order valence-electron chi connectivity index (χ0n) is 17.3. The van der Waals surface area contributed by atoms with E-state index < -0.39 is 5.54 Å². The van der Waals surface area contributed by atoms with Gasteiger partial charge in [0, 0.05) is 24.0 Å². The first-order valence-electron chi connectivity index (χ1n) is 10.7. The molecule has 0 saturated carbocycles. The van der Waals surface area contributed by atoms with E-state index in [4.69, 9.17) is 0 Å². The Morgan fingerprint density at radius 2 is 2.00 bits per heavy atom. The van der Waals surface area contributed by atoms with E-state index in [-0.39, 0.29) is 18.4 Å². The van der Waals surface area contributed by atoms with Crippen LogP contribution in [0.2, 0.25) is 0 Å². The Balaban J connectivity index is 1.71. The van der Waals surface area contributed by atoms with Gasteiger partial charge in [0.2, 0.25) is 5.91 Å². The standard InChI is InChI=1S/C23H31N3O2/c1-4-6-9-16(5-2)14-25-15-20(27)26-13-12-18-17-10-7-8-11-19(17)24-21(18)23(26,3)22(25)28/h7-8,10-11,16,24H,4-6,9,12-15H2,1-3H3/t16-,23-/m1/s1. The molecule has 0 unspecified atom stereocenters. The third kappa shape index (κ3) is 2.83. The molecule has 2 aliphatic rings. The van der Waals surface area contributed by atoms with E-state index in [0.717, 1.165) is 36.9 Å². The van der Waals surface area contributed by atoms with Crippen molar-refractivity contribution >= 4 is 22.7 Å². The molecule has 1 saturated heterocycles. The molecule has 5 heteroatoms. The number of carbonyl (C=O) groups excluding carboxylic acids is 2. The first kappa shape index (κ1) is 19.0. The lowest BCUT2D eigenvalue weighted by atomic mass is 9.83. The van der Waals surface area contributed by atoms with Gasteiger partial charge in [0.25, 0.3) is 5.91 Å². The maximum atomic E-state index is 13.7. The van der Waals surface area contributed by atoms with Crippen LogP contribution in [-0.2, 0) is 21.5 Å². The van der Waals surface area contributed by atoms with E-state index in [1.54, 1.807) is 4.90 Å². The van der Waals surface area contributed by atoms with Crippen LogP contribution in [0.15, 0.2) is 24.3 Å². The Bertz CT molecular complexity index is 902. The molecule has 2 amide bonds. The maximum absolute atomic E-state index is 13.7. The van der Waals surface area contributed by atoms with Crippen molar-refractivity contribution in [3.63, 3.8) is 0 Å². The van der Waals surface area contributed by atoms with Crippen molar-refractivity contribution in [2.75, 3.05) is 19.6 Å². The number of fused-ring (bicyclic) bond motifs is 5. The van der Waals surface area contributed by atoms with Crippen molar-refractivity contribution in [1.29, 1.82) is 0 Å². The average molecular weight is 382 g/mol. The topological polar surface area (TPSA) is 56.4 Å². The van der Waals surface area contributed by atoms with Gasteiger partial charge in [-0.3, -0.25) is 9.59 Å². The summed E-state index contributed by atoms with van der Waals surface area (Å²) in [7, 11) is 0. The predicted molar refractivity (Wildman–Crippen MR) is 111 cm³/mol. The Kier molecular flexibility index (Phi) is 4.94. The minimum absolute atomic E-state index is 0.0644. The van der Waals surface area contributed by atoms with Gasteiger partial charge in [0.1, 0.15) is 0 Å². The molecule has 0 spiro atoms. The zero-order valence-corrected chi connectivity index (χ0v) is 17.3.